The Hall–Kier alpha value is -2.73. The Labute approximate surface area is 161 Å². The first kappa shape index (κ1) is 17.7. The molecule has 6 heteroatoms. The Morgan fingerprint density at radius 3 is 2.70 bits per heavy atom. The van der Waals surface area contributed by atoms with Crippen molar-refractivity contribution in [3.63, 3.8) is 0 Å². The van der Waals surface area contributed by atoms with E-state index in [9.17, 15) is 9.59 Å². The molecule has 1 atom stereocenters. The van der Waals surface area contributed by atoms with E-state index in [0.717, 1.165) is 35.2 Å². The normalized spacial score (nSPS) is 16.1. The summed E-state index contributed by atoms with van der Waals surface area (Å²) in [6.45, 7) is 3.76. The van der Waals surface area contributed by atoms with E-state index in [4.69, 9.17) is 10.7 Å². The maximum absolute atomic E-state index is 12.7. The highest BCUT2D eigenvalue weighted by molar-refractivity contribution is 7.21. The highest BCUT2D eigenvalue weighted by atomic mass is 32.1. The third-order valence-electron chi connectivity index (χ3n) is 5.09. The molecule has 138 valence electrons. The molecule has 2 aromatic heterocycles. The molecule has 0 fully saturated rings. The lowest BCUT2D eigenvalue weighted by Gasteiger charge is -2.20. The minimum atomic E-state index is -0.252. The van der Waals surface area contributed by atoms with Gasteiger partial charge in [-0.05, 0) is 68.0 Å². The molecule has 1 aliphatic rings. The van der Waals surface area contributed by atoms with Gasteiger partial charge in [-0.3, -0.25) is 9.59 Å². The van der Waals surface area contributed by atoms with Crippen molar-refractivity contribution >= 4 is 44.6 Å². The van der Waals surface area contributed by atoms with Crippen LogP contribution in [0.1, 0.15) is 51.6 Å². The summed E-state index contributed by atoms with van der Waals surface area (Å²) in [6, 6.07) is 8.94. The maximum Gasteiger partial charge on any atom is 0.267 e. The Morgan fingerprint density at radius 1 is 1.26 bits per heavy atom. The van der Waals surface area contributed by atoms with Gasteiger partial charge >= 0.3 is 0 Å². The SMILES string of the molecule is CC(=O)c1ccc(NC(=O)c2sc3nc4c(cc3c2N)CC(C)CC4)cc1. The number of anilines is 2. The van der Waals surface area contributed by atoms with Gasteiger partial charge in [0.15, 0.2) is 5.78 Å². The van der Waals surface area contributed by atoms with Crippen LogP contribution < -0.4 is 11.1 Å². The molecule has 4 rings (SSSR count). The molecular formula is C21H21N3O2S. The maximum atomic E-state index is 12.7. The number of nitrogens with two attached hydrogens (primary N) is 1. The summed E-state index contributed by atoms with van der Waals surface area (Å²) in [5.74, 6) is 0.390. The van der Waals surface area contributed by atoms with Crippen LogP contribution in [0.5, 0.6) is 0 Å². The molecule has 0 radical (unpaired) electrons. The van der Waals surface area contributed by atoms with Crippen LogP contribution in [-0.4, -0.2) is 16.7 Å². The topological polar surface area (TPSA) is 85.1 Å². The molecule has 1 aliphatic carbocycles. The lowest BCUT2D eigenvalue weighted by atomic mass is 9.87. The van der Waals surface area contributed by atoms with E-state index in [1.54, 1.807) is 24.3 Å². The molecule has 3 aromatic rings. The van der Waals surface area contributed by atoms with Crippen LogP contribution in [0.2, 0.25) is 0 Å². The van der Waals surface area contributed by atoms with Gasteiger partial charge in [-0.1, -0.05) is 6.92 Å². The van der Waals surface area contributed by atoms with Gasteiger partial charge in [-0.25, -0.2) is 4.98 Å². The van der Waals surface area contributed by atoms with Gasteiger partial charge in [0.05, 0.1) is 5.69 Å². The van der Waals surface area contributed by atoms with Crippen LogP contribution in [0, 0.1) is 5.92 Å². The van der Waals surface area contributed by atoms with Crippen molar-refractivity contribution in [3.8, 4) is 0 Å². The third kappa shape index (κ3) is 3.32. The molecule has 0 saturated heterocycles. The summed E-state index contributed by atoms with van der Waals surface area (Å²) >= 11 is 1.33. The molecule has 27 heavy (non-hydrogen) atoms. The van der Waals surface area contributed by atoms with E-state index in [1.807, 2.05) is 0 Å². The van der Waals surface area contributed by atoms with Crippen molar-refractivity contribution < 1.29 is 9.59 Å². The number of hydrogen-bond acceptors (Lipinski definition) is 5. The fraction of sp³-hybridized carbons (Fsp3) is 0.286. The van der Waals surface area contributed by atoms with Gasteiger partial charge < -0.3 is 11.1 Å². The number of ketones is 1. The first-order valence-corrected chi connectivity index (χ1v) is 9.87. The number of nitrogens with one attached hydrogen (secondary N) is 1. The number of carbonyl (C=O) groups excluding carboxylic acids is 2. The summed E-state index contributed by atoms with van der Waals surface area (Å²) in [5.41, 5.74) is 10.4. The van der Waals surface area contributed by atoms with E-state index in [1.165, 1.54) is 23.8 Å². The van der Waals surface area contributed by atoms with E-state index >= 15 is 0 Å². The summed E-state index contributed by atoms with van der Waals surface area (Å²) in [7, 11) is 0. The lowest BCUT2D eigenvalue weighted by Crippen LogP contribution is -2.13. The average molecular weight is 379 g/mol. The highest BCUT2D eigenvalue weighted by Gasteiger charge is 2.22. The summed E-state index contributed by atoms with van der Waals surface area (Å²) in [5, 5.41) is 3.72. The molecule has 2 heterocycles. The molecule has 1 amide bonds. The monoisotopic (exact) mass is 379 g/mol. The van der Waals surface area contributed by atoms with Gasteiger partial charge in [0.1, 0.15) is 9.71 Å². The standard InChI is InChI=1S/C21H21N3O2S/c1-11-3-8-17-14(9-11)10-16-18(22)19(27-21(16)24-17)20(26)23-15-6-4-13(5-7-15)12(2)25/h4-7,10-11H,3,8-9,22H2,1-2H3,(H,23,26). The van der Waals surface area contributed by atoms with Crippen molar-refractivity contribution in [2.24, 2.45) is 5.92 Å². The molecular weight excluding hydrogens is 358 g/mol. The van der Waals surface area contributed by atoms with Crippen LogP contribution in [0.25, 0.3) is 10.2 Å². The number of amides is 1. The smallest absolute Gasteiger partial charge is 0.267 e. The molecule has 5 nitrogen and oxygen atoms in total. The Morgan fingerprint density at radius 2 is 2.00 bits per heavy atom. The van der Waals surface area contributed by atoms with Gasteiger partial charge in [-0.15, -0.1) is 11.3 Å². The van der Waals surface area contributed by atoms with Crippen LogP contribution in [0.15, 0.2) is 30.3 Å². The number of aryl methyl sites for hydroxylation is 1. The van der Waals surface area contributed by atoms with Crippen LogP contribution >= 0.6 is 11.3 Å². The largest absolute Gasteiger partial charge is 0.397 e. The Balaban J connectivity index is 1.63. The fourth-order valence-corrected chi connectivity index (χ4v) is 4.51. The number of carbonyl (C=O) groups is 2. The van der Waals surface area contributed by atoms with Gasteiger partial charge in [0.2, 0.25) is 0 Å². The van der Waals surface area contributed by atoms with E-state index in [-0.39, 0.29) is 11.7 Å². The number of hydrogen-bond donors (Lipinski definition) is 2. The number of aromatic nitrogens is 1. The summed E-state index contributed by atoms with van der Waals surface area (Å²) < 4.78 is 0. The van der Waals surface area contributed by atoms with E-state index in [2.05, 4.69) is 18.3 Å². The zero-order chi connectivity index (χ0) is 19.1. The van der Waals surface area contributed by atoms with Crippen LogP contribution in [0.3, 0.4) is 0 Å². The second-order valence-electron chi connectivity index (χ2n) is 7.23. The average Bonchev–Trinajstić information content (AvgIpc) is 2.96. The van der Waals surface area contributed by atoms with Crippen molar-refractivity contribution in [1.82, 2.24) is 4.98 Å². The number of thiophene rings is 1. The van der Waals surface area contributed by atoms with Crippen LogP contribution in [0.4, 0.5) is 11.4 Å². The van der Waals surface area contributed by atoms with E-state index in [0.29, 0.717) is 27.7 Å². The van der Waals surface area contributed by atoms with E-state index < -0.39 is 0 Å². The first-order chi connectivity index (χ1) is 12.9. The molecule has 1 unspecified atom stereocenters. The summed E-state index contributed by atoms with van der Waals surface area (Å²) in [6.07, 6.45) is 3.14. The first-order valence-electron chi connectivity index (χ1n) is 9.05. The van der Waals surface area contributed by atoms with Crippen LogP contribution in [-0.2, 0) is 12.8 Å². The van der Waals surface area contributed by atoms with Gasteiger partial charge in [-0.2, -0.15) is 0 Å². The number of benzene rings is 1. The van der Waals surface area contributed by atoms with Crippen molar-refractivity contribution in [3.05, 3.63) is 52.0 Å². The molecule has 0 saturated carbocycles. The lowest BCUT2D eigenvalue weighted by molar-refractivity contribution is 0.101. The zero-order valence-corrected chi connectivity index (χ0v) is 16.2. The predicted molar refractivity (Wildman–Crippen MR) is 110 cm³/mol. The highest BCUT2D eigenvalue weighted by Crippen LogP contribution is 2.36. The predicted octanol–water partition coefficient (Wildman–Crippen LogP) is 4.46. The molecule has 0 bridgehead atoms. The second kappa shape index (κ2) is 6.78. The quantitative estimate of drug-likeness (QED) is 0.658. The minimum absolute atomic E-state index is 0.00835. The number of nitrogen functional groups attached to an aromatic ring is 1. The van der Waals surface area contributed by atoms with Crippen molar-refractivity contribution in [2.75, 3.05) is 11.1 Å². The van der Waals surface area contributed by atoms with Gasteiger partial charge in [0.25, 0.3) is 5.91 Å². The minimum Gasteiger partial charge on any atom is -0.397 e. The van der Waals surface area contributed by atoms with Crippen molar-refractivity contribution in [1.29, 1.82) is 0 Å². The molecule has 0 aliphatic heterocycles. The third-order valence-corrected chi connectivity index (χ3v) is 6.20. The Kier molecular flexibility index (Phi) is 4.44. The number of fused-ring (bicyclic) bond motifs is 2. The number of nitrogens with zero attached hydrogens (tertiary/aromatic N) is 1. The fourth-order valence-electron chi connectivity index (χ4n) is 3.52. The number of Topliss-reactive ketones (excluding diaryl/α,β-unsaturated/α-hetero) is 1. The number of pyridine rings is 1. The molecule has 1 aromatic carbocycles. The zero-order valence-electron chi connectivity index (χ0n) is 15.3. The molecule has 3 N–H and O–H groups in total. The summed E-state index contributed by atoms with van der Waals surface area (Å²) in [4.78, 5) is 30.2. The number of rotatable bonds is 3. The van der Waals surface area contributed by atoms with Crippen molar-refractivity contribution in [2.45, 2.75) is 33.1 Å². The van der Waals surface area contributed by atoms with Gasteiger partial charge in [0, 0.05) is 22.3 Å². The Bertz CT molecular complexity index is 1050. The molecule has 0 spiro atoms. The second-order valence-corrected chi connectivity index (χ2v) is 8.23.